The van der Waals surface area contributed by atoms with E-state index in [0.29, 0.717) is 0 Å². The molecule has 0 spiro atoms. The molecule has 53 heteroatoms. The predicted molar refractivity (Wildman–Crippen MR) is 37.7 cm³/mol. The molecule has 0 aliphatic carbocycles. The molecule has 0 bridgehead atoms. The standard InChI is InChI=1S/40O.Si.12W/q40*-2;+4;;;;;;;;;;;;/p+4. The van der Waals surface area contributed by atoms with Gasteiger partial charge in [0, 0.05) is 253 Å². The third-order valence-electron chi connectivity index (χ3n) is 0. The molecule has 0 aromatic rings. The van der Waals surface area contributed by atoms with Crippen LogP contribution in [0.3, 0.4) is 0 Å². The maximum absolute atomic E-state index is 0. The van der Waals surface area contributed by atoms with Crippen molar-refractivity contribution >= 4 is 11.0 Å². The Balaban J connectivity index is 0. The van der Waals surface area contributed by atoms with Gasteiger partial charge in [-0.1, -0.05) is 0 Å². The minimum Gasteiger partial charge on any atom is -2.00 e. The van der Waals surface area contributed by atoms with Crippen molar-refractivity contribution in [2.24, 2.45) is 0 Å². The van der Waals surface area contributed by atoms with Crippen LogP contribution in [0.15, 0.2) is 0 Å². The smallest absolute Gasteiger partial charge is 2.00 e. The minimum atomic E-state index is 0. The zero-order valence-corrected chi connectivity index (χ0v) is 57.9. The molecular formula is H4O40SiW12-72. The fraction of sp³-hybridized carbons (Fsp3) is 0. The molecule has 0 saturated carbocycles. The van der Waals surface area contributed by atoms with Crippen LogP contribution in [0.25, 0.3) is 0 Å². The Morgan fingerprint density at radius 3 is 0.0755 bits per heavy atom. The van der Waals surface area contributed by atoms with Gasteiger partial charge in [0.15, 0.2) is 0 Å². The van der Waals surface area contributed by atoms with Crippen LogP contribution in [-0.4, -0.2) is 11.0 Å². The van der Waals surface area contributed by atoms with E-state index < -0.39 is 0 Å². The van der Waals surface area contributed by atoms with Crippen LogP contribution in [0.2, 0.25) is 0 Å². The maximum Gasteiger partial charge on any atom is 4.00 e. The molecule has 0 aromatic carbocycles. The van der Waals surface area contributed by atoms with E-state index in [2.05, 4.69) is 0 Å². The van der Waals surface area contributed by atoms with Gasteiger partial charge in [-0.25, -0.2) is 0 Å². The average molecular weight is 2880 g/mol. The van der Waals surface area contributed by atoms with Crippen molar-refractivity contribution in [2.75, 3.05) is 0 Å². The van der Waals surface area contributed by atoms with Crippen molar-refractivity contribution in [3.05, 3.63) is 0 Å². The van der Waals surface area contributed by atoms with Crippen molar-refractivity contribution in [3.8, 4) is 0 Å². The Hall–Kier alpha value is 6.88. The maximum atomic E-state index is 0. The quantitative estimate of drug-likeness (QED) is 0.207. The second-order valence-corrected chi connectivity index (χ2v) is 0. The molecule has 0 amide bonds. The number of hydrogen-bond acceptors (Lipinski definition) is 0. The summed E-state index contributed by atoms with van der Waals surface area (Å²) in [5.41, 5.74) is 0. The van der Waals surface area contributed by atoms with Crippen molar-refractivity contribution in [3.63, 3.8) is 0 Å². The summed E-state index contributed by atoms with van der Waals surface area (Å²) in [5.74, 6) is 0. The molecule has 53 heavy (non-hydrogen) atoms. The number of rotatable bonds is 0. The van der Waals surface area contributed by atoms with Crippen molar-refractivity contribution < 1.29 is 478 Å². The third-order valence-corrected chi connectivity index (χ3v) is 0. The molecule has 392 valence electrons. The second kappa shape index (κ2) is 4170. The Bertz CT molecular complexity index is 68.6. The molecule has 0 saturated heterocycles. The van der Waals surface area contributed by atoms with Crippen LogP contribution in [0.4, 0.5) is 0 Å². The monoisotopic (exact) mass is 2880 g/mol. The molecule has 0 aromatic heterocycles. The van der Waals surface area contributed by atoms with Gasteiger partial charge in [-0.3, -0.25) is 0 Å². The van der Waals surface area contributed by atoms with Crippen molar-refractivity contribution in [1.29, 1.82) is 0 Å². The first-order valence-corrected chi connectivity index (χ1v) is 0. The Morgan fingerprint density at radius 2 is 0.0755 bits per heavy atom. The van der Waals surface area contributed by atoms with Gasteiger partial charge in [0.1, 0.15) is 0 Å². The molecule has 0 fully saturated rings. The van der Waals surface area contributed by atoms with Crippen LogP contribution in [0.5, 0.6) is 0 Å². The van der Waals surface area contributed by atoms with E-state index in [-0.39, 0.29) is 489 Å². The van der Waals surface area contributed by atoms with E-state index in [4.69, 9.17) is 0 Å². The van der Waals surface area contributed by atoms with Gasteiger partial charge in [-0.15, -0.1) is 0 Å². The minimum absolute atomic E-state index is 0. The largest absolute Gasteiger partial charge is 4.00 e. The van der Waals surface area contributed by atoms with E-state index in [1.807, 2.05) is 0 Å². The van der Waals surface area contributed by atoms with Crippen molar-refractivity contribution in [1.82, 2.24) is 0 Å². The molecule has 0 unspecified atom stereocenters. The zero-order chi connectivity index (χ0) is 0. The Kier molecular flexibility index (Phi) is 345000. The molecule has 0 aliphatic rings. The van der Waals surface area contributed by atoms with Crippen molar-refractivity contribution in [2.45, 2.75) is 0 Å². The first-order chi connectivity index (χ1) is 0. The Morgan fingerprint density at radius 1 is 0.0755 bits per heavy atom. The molecule has 0 atom stereocenters. The van der Waals surface area contributed by atoms with Crippen LogP contribution < -0.4 is 0 Å². The molecular weight excluding hydrogens is 2870 g/mol. The summed E-state index contributed by atoms with van der Waals surface area (Å²) in [6.45, 7) is 0. The van der Waals surface area contributed by atoms with Crippen LogP contribution in [-0.2, 0) is 472 Å². The first-order valence-electron chi connectivity index (χ1n) is 0. The normalized spacial score (nSPS) is 0. The van der Waals surface area contributed by atoms with E-state index in [1.165, 1.54) is 0 Å². The molecule has 0 radical (unpaired) electrons. The fourth-order valence-electron chi connectivity index (χ4n) is 0. The van der Waals surface area contributed by atoms with Gasteiger partial charge >= 0.3 is 16.7 Å². The number of hydrogen-bond donors (Lipinski definition) is 0. The summed E-state index contributed by atoms with van der Waals surface area (Å²) in [6, 6.07) is 0. The summed E-state index contributed by atoms with van der Waals surface area (Å²) in [5, 5.41) is 0. The summed E-state index contributed by atoms with van der Waals surface area (Å²) >= 11 is 0. The summed E-state index contributed by atoms with van der Waals surface area (Å²) in [4.78, 5) is 0. The van der Waals surface area contributed by atoms with Crippen LogP contribution in [0.1, 0.15) is 5.71 Å². The third kappa shape index (κ3) is 4030. The van der Waals surface area contributed by atoms with Crippen LogP contribution in [0, 0.1) is 0 Å². The molecule has 40 nitrogen and oxygen atoms in total. The van der Waals surface area contributed by atoms with Gasteiger partial charge in [-0.05, 0) is 0 Å². The van der Waals surface area contributed by atoms with E-state index in [0.717, 1.165) is 0 Å². The summed E-state index contributed by atoms with van der Waals surface area (Å²) in [6.07, 6.45) is 0. The van der Waals surface area contributed by atoms with Gasteiger partial charge in [0.2, 0.25) is 0 Å². The summed E-state index contributed by atoms with van der Waals surface area (Å²) in [7, 11) is 0. The first kappa shape index (κ1) is 4390. The predicted octanol–water partition coefficient (Wildman–Crippen LogP) is -4.71. The Labute approximate surface area is 482 Å². The average Bonchev–Trinajstić information content (AvgIpc) is 0. The molecule has 0 rings (SSSR count). The zero-order valence-electron chi connectivity index (χ0n) is 25.7. The summed E-state index contributed by atoms with van der Waals surface area (Å²) < 4.78 is 0. The van der Waals surface area contributed by atoms with E-state index in [9.17, 15) is 0 Å². The van der Waals surface area contributed by atoms with Crippen LogP contribution >= 0.6 is 0 Å². The second-order valence-electron chi connectivity index (χ2n) is 0. The SMILES string of the molecule is [H+].[H+].[H+].[H+].[O-2].[O-2].[O-2].[O-2].[O-2].[O-2].[O-2].[O-2].[O-2].[O-2].[O-2].[O-2].[O-2].[O-2].[O-2].[O-2].[O-2].[O-2].[O-2].[O-2].[O-2].[O-2].[O-2].[O-2].[O-2].[O-2].[O-2].[O-2].[O-2].[O-2].[O-2].[O-2].[O-2].[O-2].[O-2].[O-2].[O-2].[O-2].[O-2].[O-2].[Si+4].[W].[W].[W].[W].[W].[W].[W].[W].[W].[W].[W].[W]. The molecule has 0 heterocycles. The molecule has 0 aliphatic heterocycles. The van der Waals surface area contributed by atoms with E-state index >= 15 is 0 Å². The topological polar surface area (TPSA) is 1140 Å². The van der Waals surface area contributed by atoms with Gasteiger partial charge in [0.05, 0.1) is 0 Å². The van der Waals surface area contributed by atoms with Gasteiger partial charge in [0.25, 0.3) is 0 Å². The molecule has 0 N–H and O–H groups in total. The van der Waals surface area contributed by atoms with Gasteiger partial charge in [-0.2, -0.15) is 0 Å². The fourth-order valence-corrected chi connectivity index (χ4v) is 0. The van der Waals surface area contributed by atoms with Gasteiger partial charge < -0.3 is 219 Å². The van der Waals surface area contributed by atoms with E-state index in [1.54, 1.807) is 0 Å².